The molecule has 0 radical (unpaired) electrons. The second-order valence-corrected chi connectivity index (χ2v) is 6.12. The number of benzene rings is 1. The molecule has 3 aromatic heterocycles. The van der Waals surface area contributed by atoms with E-state index in [2.05, 4.69) is 21.5 Å². The van der Waals surface area contributed by atoms with Crippen LogP contribution in [0.3, 0.4) is 0 Å². The van der Waals surface area contributed by atoms with Gasteiger partial charge < -0.3 is 9.73 Å². The number of fused-ring (bicyclic) bond motifs is 2. The molecule has 1 aromatic carbocycles. The smallest absolute Gasteiger partial charge is 0.408 e. The highest BCUT2D eigenvalue weighted by atomic mass is 16.4. The van der Waals surface area contributed by atoms with Gasteiger partial charge in [-0.2, -0.15) is 5.10 Å². The molecule has 0 unspecified atom stereocenters. The lowest BCUT2D eigenvalue weighted by Gasteiger charge is -2.13. The molecule has 0 amide bonds. The Bertz CT molecular complexity index is 1120. The Labute approximate surface area is 142 Å². The minimum Gasteiger partial charge on any atom is -0.408 e. The summed E-state index contributed by atoms with van der Waals surface area (Å²) in [4.78, 5) is 16.2. The highest BCUT2D eigenvalue weighted by Gasteiger charge is 2.17. The van der Waals surface area contributed by atoms with E-state index < -0.39 is 0 Å². The van der Waals surface area contributed by atoms with Crippen LogP contribution in [-0.2, 0) is 20.1 Å². The highest BCUT2D eigenvalue weighted by Crippen LogP contribution is 2.24. The largest absolute Gasteiger partial charge is 0.419 e. The average molecular weight is 336 g/mol. The predicted molar refractivity (Wildman–Crippen MR) is 91.5 cm³/mol. The molecule has 8 heteroatoms. The second kappa shape index (κ2) is 5.18. The lowest BCUT2D eigenvalue weighted by molar-refractivity contribution is 0.476. The summed E-state index contributed by atoms with van der Waals surface area (Å²) in [6.45, 7) is 2.60. The van der Waals surface area contributed by atoms with Crippen molar-refractivity contribution in [1.82, 2.24) is 29.2 Å². The van der Waals surface area contributed by atoms with Gasteiger partial charge in [0.05, 0.1) is 17.8 Å². The number of hydrogen-bond acceptors (Lipinski definition) is 5. The van der Waals surface area contributed by atoms with Gasteiger partial charge in [-0.3, -0.25) is 13.8 Å². The van der Waals surface area contributed by atoms with E-state index in [-0.39, 0.29) is 5.76 Å². The van der Waals surface area contributed by atoms with Crippen molar-refractivity contribution < 1.29 is 4.42 Å². The van der Waals surface area contributed by atoms with Crippen molar-refractivity contribution in [1.29, 1.82) is 0 Å². The fourth-order valence-corrected chi connectivity index (χ4v) is 3.27. The molecule has 1 N–H and O–H groups in total. The maximum absolute atomic E-state index is 11.7. The van der Waals surface area contributed by atoms with Crippen molar-refractivity contribution >= 4 is 11.1 Å². The average Bonchev–Trinajstić information content (AvgIpc) is 3.32. The van der Waals surface area contributed by atoms with E-state index in [0.29, 0.717) is 5.58 Å². The van der Waals surface area contributed by atoms with E-state index >= 15 is 0 Å². The van der Waals surface area contributed by atoms with Crippen molar-refractivity contribution in [2.45, 2.75) is 13.1 Å². The molecule has 0 atom stereocenters. The fraction of sp³-hybridized carbons (Fsp3) is 0.235. The molecular weight excluding hydrogens is 320 g/mol. The van der Waals surface area contributed by atoms with E-state index in [0.717, 1.165) is 48.1 Å². The standard InChI is InChI=1S/C17H16N6O2/c1-21-14-9-11(2-3-15(14)25-17(21)24)22-6-5-19-16(22)13-8-12-10-18-4-7-23(12)20-13/h2-3,5-6,8-9,18H,4,7,10H2,1H3. The summed E-state index contributed by atoms with van der Waals surface area (Å²) in [5.74, 6) is 0.405. The first kappa shape index (κ1) is 14.2. The van der Waals surface area contributed by atoms with Crippen molar-refractivity contribution in [2.24, 2.45) is 7.05 Å². The number of hydrogen-bond donors (Lipinski definition) is 1. The van der Waals surface area contributed by atoms with Crippen molar-refractivity contribution in [3.8, 4) is 17.2 Å². The Morgan fingerprint density at radius 1 is 1.28 bits per heavy atom. The van der Waals surface area contributed by atoms with Gasteiger partial charge >= 0.3 is 5.76 Å². The monoisotopic (exact) mass is 336 g/mol. The van der Waals surface area contributed by atoms with E-state index in [9.17, 15) is 4.79 Å². The third-order valence-electron chi connectivity index (χ3n) is 4.59. The molecule has 4 heterocycles. The van der Waals surface area contributed by atoms with Crippen LogP contribution in [0, 0.1) is 0 Å². The molecule has 0 spiro atoms. The van der Waals surface area contributed by atoms with Gasteiger partial charge in [0.15, 0.2) is 11.4 Å². The molecule has 0 bridgehead atoms. The van der Waals surface area contributed by atoms with E-state index in [4.69, 9.17) is 4.42 Å². The number of oxazole rings is 1. The van der Waals surface area contributed by atoms with Gasteiger partial charge in [-0.15, -0.1) is 0 Å². The molecule has 0 saturated carbocycles. The van der Waals surface area contributed by atoms with Crippen LogP contribution in [0.1, 0.15) is 5.69 Å². The number of imidazole rings is 1. The summed E-state index contributed by atoms with van der Waals surface area (Å²) in [6.07, 6.45) is 3.65. The maximum Gasteiger partial charge on any atom is 0.419 e. The van der Waals surface area contributed by atoms with Crippen molar-refractivity contribution in [3.05, 3.63) is 52.9 Å². The van der Waals surface area contributed by atoms with Crippen LogP contribution in [0.5, 0.6) is 0 Å². The van der Waals surface area contributed by atoms with Crippen LogP contribution in [-0.4, -0.2) is 30.4 Å². The Balaban J connectivity index is 1.64. The molecule has 5 rings (SSSR count). The van der Waals surface area contributed by atoms with Gasteiger partial charge in [0, 0.05) is 38.2 Å². The third-order valence-corrected chi connectivity index (χ3v) is 4.59. The van der Waals surface area contributed by atoms with E-state index in [1.807, 2.05) is 27.6 Å². The van der Waals surface area contributed by atoms with E-state index in [1.54, 1.807) is 19.3 Å². The normalized spacial score (nSPS) is 14.1. The SMILES string of the molecule is Cn1c(=O)oc2ccc(-n3ccnc3-c3cc4n(n3)CCNC4)cc21. The minimum absolute atomic E-state index is 0.368. The molecule has 0 saturated heterocycles. The quantitative estimate of drug-likeness (QED) is 0.596. The molecule has 0 aliphatic carbocycles. The van der Waals surface area contributed by atoms with Crippen LogP contribution in [0.2, 0.25) is 0 Å². The van der Waals surface area contributed by atoms with Gasteiger partial charge in [-0.1, -0.05) is 0 Å². The van der Waals surface area contributed by atoms with Crippen molar-refractivity contribution in [2.75, 3.05) is 6.54 Å². The molecule has 126 valence electrons. The zero-order chi connectivity index (χ0) is 17.0. The Morgan fingerprint density at radius 2 is 2.20 bits per heavy atom. The Hall–Kier alpha value is -3.13. The molecule has 1 aliphatic rings. The van der Waals surface area contributed by atoms with Crippen LogP contribution in [0.25, 0.3) is 28.3 Å². The maximum atomic E-state index is 11.7. The Morgan fingerprint density at radius 3 is 3.08 bits per heavy atom. The molecule has 8 nitrogen and oxygen atoms in total. The second-order valence-electron chi connectivity index (χ2n) is 6.12. The molecule has 25 heavy (non-hydrogen) atoms. The molecule has 0 fully saturated rings. The van der Waals surface area contributed by atoms with Gasteiger partial charge in [0.25, 0.3) is 0 Å². The number of nitrogens with zero attached hydrogens (tertiary/aromatic N) is 5. The number of aryl methyl sites for hydroxylation is 1. The van der Waals surface area contributed by atoms with Gasteiger partial charge in [0.2, 0.25) is 0 Å². The number of rotatable bonds is 2. The van der Waals surface area contributed by atoms with Gasteiger partial charge in [-0.05, 0) is 24.3 Å². The first-order chi connectivity index (χ1) is 12.2. The van der Waals surface area contributed by atoms with Gasteiger partial charge in [0.1, 0.15) is 5.69 Å². The molecular formula is C17H16N6O2. The Kier molecular flexibility index (Phi) is 2.95. The van der Waals surface area contributed by atoms with Gasteiger partial charge in [-0.25, -0.2) is 9.78 Å². The number of nitrogens with one attached hydrogen (secondary N) is 1. The summed E-state index contributed by atoms with van der Waals surface area (Å²) in [5.41, 5.74) is 4.21. The first-order valence-corrected chi connectivity index (χ1v) is 8.12. The lowest BCUT2D eigenvalue weighted by atomic mass is 10.2. The zero-order valence-corrected chi connectivity index (χ0v) is 13.6. The molecule has 4 aromatic rings. The lowest BCUT2D eigenvalue weighted by Crippen LogP contribution is -2.28. The predicted octanol–water partition coefficient (Wildman–Crippen LogP) is 1.28. The number of aromatic nitrogens is 5. The summed E-state index contributed by atoms with van der Waals surface area (Å²) < 4.78 is 10.7. The van der Waals surface area contributed by atoms with Crippen LogP contribution >= 0.6 is 0 Å². The fourth-order valence-electron chi connectivity index (χ4n) is 3.27. The van der Waals surface area contributed by atoms with Crippen molar-refractivity contribution in [3.63, 3.8) is 0 Å². The summed E-state index contributed by atoms with van der Waals surface area (Å²) >= 11 is 0. The van der Waals surface area contributed by atoms with E-state index in [1.165, 1.54) is 4.57 Å². The summed E-state index contributed by atoms with van der Waals surface area (Å²) in [6, 6.07) is 7.70. The zero-order valence-electron chi connectivity index (χ0n) is 13.6. The molecule has 1 aliphatic heterocycles. The van der Waals surface area contributed by atoms with Crippen LogP contribution < -0.4 is 11.1 Å². The highest BCUT2D eigenvalue weighted by molar-refractivity contribution is 5.76. The summed E-state index contributed by atoms with van der Waals surface area (Å²) in [5, 5.41) is 8.03. The van der Waals surface area contributed by atoms with Crippen LogP contribution in [0.15, 0.2) is 45.9 Å². The third kappa shape index (κ3) is 2.14. The topological polar surface area (TPSA) is 82.8 Å². The first-order valence-electron chi connectivity index (χ1n) is 8.12. The minimum atomic E-state index is -0.368. The summed E-state index contributed by atoms with van der Waals surface area (Å²) in [7, 11) is 1.70. The van der Waals surface area contributed by atoms with Crippen LogP contribution in [0.4, 0.5) is 0 Å².